The normalized spacial score (nSPS) is 10.0. The third-order valence-electron chi connectivity index (χ3n) is 1.99. The molecule has 0 aromatic heterocycles. The molecule has 70 valence electrons. The molecule has 3 heteroatoms. The van der Waals surface area contributed by atoms with E-state index in [1.807, 2.05) is 19.1 Å². The number of benzene rings is 1. The number of hydrogen-bond donors (Lipinski definition) is 1. The highest BCUT2D eigenvalue weighted by atomic mass is 35.5. The van der Waals surface area contributed by atoms with Crippen LogP contribution in [0.15, 0.2) is 18.2 Å². The van der Waals surface area contributed by atoms with Crippen LogP contribution in [-0.4, -0.2) is 11.1 Å². The van der Waals surface area contributed by atoms with Crippen molar-refractivity contribution >= 4 is 17.6 Å². The first-order valence-corrected chi connectivity index (χ1v) is 4.45. The minimum atomic E-state index is -0.778. The molecule has 1 aromatic carbocycles. The average Bonchev–Trinajstić information content (AvgIpc) is 2.07. The first-order valence-electron chi connectivity index (χ1n) is 4.07. The molecule has 0 aliphatic heterocycles. The third kappa shape index (κ3) is 2.74. The standard InChI is InChI=1S/C10H11ClO2/c1-7-8(5-6-10(12)13)3-2-4-9(7)11/h2-4H,5-6H2,1H3,(H,12,13). The molecule has 0 bridgehead atoms. The number of carboxylic acid groups (broad SMARTS) is 1. The van der Waals surface area contributed by atoms with Gasteiger partial charge in [0, 0.05) is 11.4 Å². The molecule has 0 spiro atoms. The van der Waals surface area contributed by atoms with Gasteiger partial charge < -0.3 is 5.11 Å². The van der Waals surface area contributed by atoms with Crippen molar-refractivity contribution in [1.82, 2.24) is 0 Å². The minimum absolute atomic E-state index is 0.154. The first-order chi connectivity index (χ1) is 6.11. The third-order valence-corrected chi connectivity index (χ3v) is 2.40. The topological polar surface area (TPSA) is 37.3 Å². The second-order valence-electron chi connectivity index (χ2n) is 2.92. The zero-order chi connectivity index (χ0) is 9.84. The number of rotatable bonds is 3. The molecule has 1 rings (SSSR count). The fourth-order valence-electron chi connectivity index (χ4n) is 1.16. The lowest BCUT2D eigenvalue weighted by Crippen LogP contribution is -1.99. The Hall–Kier alpha value is -1.02. The van der Waals surface area contributed by atoms with Crippen molar-refractivity contribution in [3.63, 3.8) is 0 Å². The zero-order valence-electron chi connectivity index (χ0n) is 7.38. The van der Waals surface area contributed by atoms with Gasteiger partial charge in [-0.05, 0) is 30.5 Å². The Morgan fingerprint density at radius 3 is 2.85 bits per heavy atom. The highest BCUT2D eigenvalue weighted by Gasteiger charge is 2.03. The van der Waals surface area contributed by atoms with Crippen LogP contribution in [0.1, 0.15) is 17.5 Å². The minimum Gasteiger partial charge on any atom is -0.481 e. The summed E-state index contributed by atoms with van der Waals surface area (Å²) in [7, 11) is 0. The quantitative estimate of drug-likeness (QED) is 0.811. The van der Waals surface area contributed by atoms with Crippen molar-refractivity contribution in [3.05, 3.63) is 34.3 Å². The molecule has 0 aliphatic rings. The van der Waals surface area contributed by atoms with E-state index in [1.54, 1.807) is 6.07 Å². The molecule has 0 aliphatic carbocycles. The fraction of sp³-hybridized carbons (Fsp3) is 0.300. The molecule has 0 amide bonds. The van der Waals surface area contributed by atoms with E-state index in [1.165, 1.54) is 0 Å². The second-order valence-corrected chi connectivity index (χ2v) is 3.32. The molecule has 1 aromatic rings. The van der Waals surface area contributed by atoms with Crippen molar-refractivity contribution in [1.29, 1.82) is 0 Å². The zero-order valence-corrected chi connectivity index (χ0v) is 8.14. The van der Waals surface area contributed by atoms with Gasteiger partial charge in [0.05, 0.1) is 0 Å². The monoisotopic (exact) mass is 198 g/mol. The highest BCUT2D eigenvalue weighted by Crippen LogP contribution is 2.19. The summed E-state index contributed by atoms with van der Waals surface area (Å²) in [5.74, 6) is -0.778. The highest BCUT2D eigenvalue weighted by molar-refractivity contribution is 6.31. The van der Waals surface area contributed by atoms with E-state index in [4.69, 9.17) is 16.7 Å². The van der Waals surface area contributed by atoms with Gasteiger partial charge in [-0.15, -0.1) is 0 Å². The first kappa shape index (κ1) is 10.1. The van der Waals surface area contributed by atoms with E-state index in [-0.39, 0.29) is 6.42 Å². The van der Waals surface area contributed by atoms with Gasteiger partial charge in [0.1, 0.15) is 0 Å². The van der Waals surface area contributed by atoms with Crippen LogP contribution in [-0.2, 0) is 11.2 Å². The van der Waals surface area contributed by atoms with E-state index in [0.29, 0.717) is 11.4 Å². The average molecular weight is 199 g/mol. The summed E-state index contributed by atoms with van der Waals surface area (Å²) in [5, 5.41) is 9.20. The molecule has 0 saturated heterocycles. The SMILES string of the molecule is Cc1c(Cl)cccc1CCC(=O)O. The Bertz CT molecular complexity index is 321. The summed E-state index contributed by atoms with van der Waals surface area (Å²) < 4.78 is 0. The molecular weight excluding hydrogens is 188 g/mol. The van der Waals surface area contributed by atoms with Crippen LogP contribution in [0.5, 0.6) is 0 Å². The van der Waals surface area contributed by atoms with Crippen molar-refractivity contribution in [2.24, 2.45) is 0 Å². The second kappa shape index (κ2) is 4.28. The van der Waals surface area contributed by atoms with Crippen LogP contribution < -0.4 is 0 Å². The molecule has 0 radical (unpaired) electrons. The molecular formula is C10H11ClO2. The Labute approximate surface area is 82.2 Å². The number of carboxylic acids is 1. The maximum atomic E-state index is 10.3. The van der Waals surface area contributed by atoms with Gasteiger partial charge in [0.15, 0.2) is 0 Å². The summed E-state index contributed by atoms with van der Waals surface area (Å²) >= 11 is 5.88. The molecule has 0 atom stereocenters. The fourth-order valence-corrected chi connectivity index (χ4v) is 1.36. The van der Waals surface area contributed by atoms with Crippen molar-refractivity contribution in [3.8, 4) is 0 Å². The number of halogens is 1. The molecule has 0 heterocycles. The number of hydrogen-bond acceptors (Lipinski definition) is 1. The molecule has 13 heavy (non-hydrogen) atoms. The molecule has 0 saturated carbocycles. The molecule has 2 nitrogen and oxygen atoms in total. The van der Waals surface area contributed by atoms with Crippen molar-refractivity contribution < 1.29 is 9.90 Å². The lowest BCUT2D eigenvalue weighted by Gasteiger charge is -2.04. The van der Waals surface area contributed by atoms with Gasteiger partial charge in [-0.2, -0.15) is 0 Å². The molecule has 0 fully saturated rings. The van der Waals surface area contributed by atoms with E-state index in [2.05, 4.69) is 0 Å². The summed E-state index contributed by atoms with van der Waals surface area (Å²) in [4.78, 5) is 10.3. The molecule has 0 unspecified atom stereocenters. The van der Waals surface area contributed by atoms with Gasteiger partial charge in [0.25, 0.3) is 0 Å². The van der Waals surface area contributed by atoms with Crippen molar-refractivity contribution in [2.45, 2.75) is 19.8 Å². The number of aryl methyl sites for hydroxylation is 1. The lowest BCUT2D eigenvalue weighted by molar-refractivity contribution is -0.136. The predicted molar refractivity (Wildman–Crippen MR) is 52.1 cm³/mol. The predicted octanol–water partition coefficient (Wildman–Crippen LogP) is 2.67. The van der Waals surface area contributed by atoms with Crippen LogP contribution in [0.3, 0.4) is 0 Å². The van der Waals surface area contributed by atoms with Crippen LogP contribution >= 0.6 is 11.6 Å². The smallest absolute Gasteiger partial charge is 0.303 e. The van der Waals surface area contributed by atoms with Crippen LogP contribution in [0.25, 0.3) is 0 Å². The Morgan fingerprint density at radius 2 is 2.23 bits per heavy atom. The lowest BCUT2D eigenvalue weighted by atomic mass is 10.0. The van der Waals surface area contributed by atoms with Gasteiger partial charge in [-0.25, -0.2) is 0 Å². The van der Waals surface area contributed by atoms with Gasteiger partial charge in [-0.3, -0.25) is 4.79 Å². The van der Waals surface area contributed by atoms with E-state index < -0.39 is 5.97 Å². The van der Waals surface area contributed by atoms with Crippen LogP contribution in [0, 0.1) is 6.92 Å². The summed E-state index contributed by atoms with van der Waals surface area (Å²) in [6.07, 6.45) is 0.697. The number of aliphatic carboxylic acids is 1. The maximum Gasteiger partial charge on any atom is 0.303 e. The molecule has 1 N–H and O–H groups in total. The van der Waals surface area contributed by atoms with E-state index in [9.17, 15) is 4.79 Å². The maximum absolute atomic E-state index is 10.3. The summed E-state index contributed by atoms with van der Waals surface area (Å²) in [6, 6.07) is 5.55. The van der Waals surface area contributed by atoms with E-state index >= 15 is 0 Å². The summed E-state index contributed by atoms with van der Waals surface area (Å²) in [6.45, 7) is 1.90. The van der Waals surface area contributed by atoms with Gasteiger partial charge in [-0.1, -0.05) is 23.7 Å². The number of carbonyl (C=O) groups is 1. The Balaban J connectivity index is 2.77. The van der Waals surface area contributed by atoms with E-state index in [0.717, 1.165) is 11.1 Å². The Morgan fingerprint density at radius 1 is 1.54 bits per heavy atom. The van der Waals surface area contributed by atoms with Crippen LogP contribution in [0.2, 0.25) is 5.02 Å². The van der Waals surface area contributed by atoms with Crippen molar-refractivity contribution in [2.75, 3.05) is 0 Å². The largest absolute Gasteiger partial charge is 0.481 e. The Kier molecular flexibility index (Phi) is 3.32. The van der Waals surface area contributed by atoms with Gasteiger partial charge in [0.2, 0.25) is 0 Å². The van der Waals surface area contributed by atoms with Gasteiger partial charge >= 0.3 is 5.97 Å². The summed E-state index contributed by atoms with van der Waals surface area (Å²) in [5.41, 5.74) is 1.99. The van der Waals surface area contributed by atoms with Crippen LogP contribution in [0.4, 0.5) is 0 Å².